The Morgan fingerprint density at radius 3 is 2.17 bits per heavy atom. The van der Waals surface area contributed by atoms with Crippen molar-refractivity contribution in [2.45, 2.75) is 12.5 Å². The summed E-state index contributed by atoms with van der Waals surface area (Å²) in [6.07, 6.45) is -0.588. The van der Waals surface area contributed by atoms with E-state index in [0.717, 1.165) is 5.56 Å². The first-order valence-corrected chi connectivity index (χ1v) is 9.33. The lowest BCUT2D eigenvalue weighted by atomic mass is 9.91. The van der Waals surface area contributed by atoms with Crippen LogP contribution in [0.2, 0.25) is 0 Å². The molecule has 0 bridgehead atoms. The maximum Gasteiger partial charge on any atom is 0.435 e. The fraction of sp³-hybridized carbons (Fsp3) is 0.130. The van der Waals surface area contributed by atoms with Crippen LogP contribution < -0.4 is 9.47 Å². The number of carbonyl (C=O) groups excluding carboxylic acids is 1. The number of alkyl halides is 2. The van der Waals surface area contributed by atoms with Gasteiger partial charge >= 0.3 is 12.7 Å². The third-order valence-electron chi connectivity index (χ3n) is 4.65. The maximum atomic E-state index is 12.6. The Bertz CT molecular complexity index is 1030. The largest absolute Gasteiger partial charge is 0.435 e. The van der Waals surface area contributed by atoms with E-state index in [0.29, 0.717) is 23.6 Å². The molecule has 1 atom stereocenters. The van der Waals surface area contributed by atoms with E-state index in [-0.39, 0.29) is 11.7 Å². The molecular formula is C23H18F2N2O3. The van der Waals surface area contributed by atoms with E-state index in [4.69, 9.17) is 4.74 Å². The van der Waals surface area contributed by atoms with Crippen LogP contribution in [0.4, 0.5) is 13.6 Å². The van der Waals surface area contributed by atoms with Crippen molar-refractivity contribution in [3.63, 3.8) is 0 Å². The number of halogens is 2. The Hall–Kier alpha value is -3.74. The Balaban J connectivity index is 1.61. The summed E-state index contributed by atoms with van der Waals surface area (Å²) in [6, 6.07) is 24.6. The number of hydrogen-bond donors (Lipinski definition) is 0. The first kappa shape index (κ1) is 19.6. The van der Waals surface area contributed by atoms with Gasteiger partial charge in [-0.2, -0.15) is 18.9 Å². The van der Waals surface area contributed by atoms with Gasteiger partial charge in [0.25, 0.3) is 0 Å². The van der Waals surface area contributed by atoms with Crippen molar-refractivity contribution in [2.24, 2.45) is 5.10 Å². The van der Waals surface area contributed by atoms with Crippen molar-refractivity contribution in [3.05, 3.63) is 96.1 Å². The van der Waals surface area contributed by atoms with Gasteiger partial charge in [-0.05, 0) is 47.5 Å². The molecule has 7 heteroatoms. The fourth-order valence-electron chi connectivity index (χ4n) is 3.27. The summed E-state index contributed by atoms with van der Waals surface area (Å²) in [5.74, 6) is 0.302. The molecule has 0 saturated carbocycles. The standard InChI is InChI=1S/C23H18F2N2O3/c24-22(25)29-19-13-11-17(12-14-19)21-20(16-7-3-1-4-8-16)15-27(26-21)23(28)30-18-9-5-2-6-10-18/h1-14,20,22H,15H2/t20-/m1/s1. The number of amides is 1. The summed E-state index contributed by atoms with van der Waals surface area (Å²) < 4.78 is 34.7. The van der Waals surface area contributed by atoms with Crippen LogP contribution in [0.5, 0.6) is 11.5 Å². The first-order valence-electron chi connectivity index (χ1n) is 9.33. The summed E-state index contributed by atoms with van der Waals surface area (Å²) in [4.78, 5) is 12.6. The molecule has 1 aliphatic heterocycles. The Labute approximate surface area is 172 Å². The minimum atomic E-state index is -2.89. The Morgan fingerprint density at radius 2 is 1.53 bits per heavy atom. The summed E-state index contributed by atoms with van der Waals surface area (Å²) in [5.41, 5.74) is 2.34. The molecule has 5 nitrogen and oxygen atoms in total. The van der Waals surface area contributed by atoms with Crippen LogP contribution in [0.1, 0.15) is 17.0 Å². The van der Waals surface area contributed by atoms with Gasteiger partial charge < -0.3 is 9.47 Å². The molecule has 0 fully saturated rings. The second-order valence-corrected chi connectivity index (χ2v) is 6.61. The van der Waals surface area contributed by atoms with E-state index in [1.165, 1.54) is 17.1 Å². The quantitative estimate of drug-likeness (QED) is 0.576. The molecule has 1 heterocycles. The molecular weight excluding hydrogens is 390 g/mol. The lowest BCUT2D eigenvalue weighted by Gasteiger charge is -2.15. The molecule has 0 unspecified atom stereocenters. The summed E-state index contributed by atoms with van der Waals surface area (Å²) in [7, 11) is 0. The number of hydrazone groups is 1. The first-order chi connectivity index (χ1) is 14.6. The van der Waals surface area contributed by atoms with Crippen LogP contribution in [0.15, 0.2) is 90.0 Å². The average Bonchev–Trinajstić information content (AvgIpc) is 3.21. The van der Waals surface area contributed by atoms with E-state index in [9.17, 15) is 13.6 Å². The number of para-hydroxylation sites is 1. The highest BCUT2D eigenvalue weighted by Crippen LogP contribution is 2.30. The fourth-order valence-corrected chi connectivity index (χ4v) is 3.27. The van der Waals surface area contributed by atoms with Gasteiger partial charge in [-0.15, -0.1) is 0 Å². The number of nitrogens with zero attached hydrogens (tertiary/aromatic N) is 2. The van der Waals surface area contributed by atoms with Crippen molar-refractivity contribution < 1.29 is 23.0 Å². The number of ether oxygens (including phenoxy) is 2. The normalized spacial score (nSPS) is 15.8. The smallest absolute Gasteiger partial charge is 0.435 e. The second kappa shape index (κ2) is 8.73. The van der Waals surface area contributed by atoms with Crippen LogP contribution in [0.25, 0.3) is 0 Å². The van der Waals surface area contributed by atoms with Crippen molar-refractivity contribution in [2.75, 3.05) is 6.54 Å². The summed E-state index contributed by atoms with van der Waals surface area (Å²) in [5, 5.41) is 5.77. The third-order valence-corrected chi connectivity index (χ3v) is 4.65. The number of benzene rings is 3. The lowest BCUT2D eigenvalue weighted by Crippen LogP contribution is -2.28. The summed E-state index contributed by atoms with van der Waals surface area (Å²) in [6.45, 7) is -2.58. The molecule has 3 aromatic carbocycles. The van der Waals surface area contributed by atoms with Crippen LogP contribution in [0, 0.1) is 0 Å². The molecule has 152 valence electrons. The molecule has 4 rings (SSSR count). The lowest BCUT2D eigenvalue weighted by molar-refractivity contribution is -0.0498. The third kappa shape index (κ3) is 4.46. The molecule has 0 radical (unpaired) electrons. The Morgan fingerprint density at radius 1 is 0.900 bits per heavy atom. The molecule has 30 heavy (non-hydrogen) atoms. The van der Waals surface area contributed by atoms with Crippen LogP contribution >= 0.6 is 0 Å². The highest BCUT2D eigenvalue weighted by molar-refractivity contribution is 6.07. The zero-order valence-electron chi connectivity index (χ0n) is 15.8. The monoisotopic (exact) mass is 408 g/mol. The molecule has 0 spiro atoms. The molecule has 0 saturated heterocycles. The highest BCUT2D eigenvalue weighted by Gasteiger charge is 2.33. The molecule has 0 aliphatic carbocycles. The van der Waals surface area contributed by atoms with E-state index in [1.54, 1.807) is 36.4 Å². The number of hydrogen-bond acceptors (Lipinski definition) is 4. The van der Waals surface area contributed by atoms with Gasteiger partial charge in [0, 0.05) is 5.92 Å². The van der Waals surface area contributed by atoms with Gasteiger partial charge in [0.15, 0.2) is 0 Å². The van der Waals surface area contributed by atoms with Gasteiger partial charge in [0.1, 0.15) is 11.5 Å². The topological polar surface area (TPSA) is 51.1 Å². The summed E-state index contributed by atoms with van der Waals surface area (Å²) >= 11 is 0. The minimum absolute atomic E-state index is 0.0592. The van der Waals surface area contributed by atoms with Gasteiger partial charge in [0.2, 0.25) is 0 Å². The molecule has 1 amide bonds. The van der Waals surface area contributed by atoms with Crippen molar-refractivity contribution >= 4 is 11.8 Å². The maximum absolute atomic E-state index is 12.6. The van der Waals surface area contributed by atoms with Crippen molar-refractivity contribution in [1.82, 2.24) is 5.01 Å². The van der Waals surface area contributed by atoms with E-state index >= 15 is 0 Å². The average molecular weight is 408 g/mol. The minimum Gasteiger partial charge on any atom is -0.435 e. The van der Waals surface area contributed by atoms with E-state index in [1.807, 2.05) is 36.4 Å². The molecule has 1 aliphatic rings. The Kier molecular flexibility index (Phi) is 5.70. The van der Waals surface area contributed by atoms with E-state index < -0.39 is 12.7 Å². The zero-order chi connectivity index (χ0) is 20.9. The van der Waals surface area contributed by atoms with Crippen LogP contribution in [-0.4, -0.2) is 30.0 Å². The molecule has 0 aromatic heterocycles. The second-order valence-electron chi connectivity index (χ2n) is 6.61. The predicted molar refractivity (Wildman–Crippen MR) is 108 cm³/mol. The number of carbonyl (C=O) groups is 1. The SMILES string of the molecule is O=C(Oc1ccccc1)N1C[C@H](c2ccccc2)C(c2ccc(OC(F)F)cc2)=N1. The number of rotatable bonds is 5. The van der Waals surface area contributed by atoms with Gasteiger partial charge in [-0.3, -0.25) is 0 Å². The van der Waals surface area contributed by atoms with Crippen LogP contribution in [-0.2, 0) is 0 Å². The van der Waals surface area contributed by atoms with Gasteiger partial charge in [-0.25, -0.2) is 4.79 Å². The molecule has 3 aromatic rings. The zero-order valence-corrected chi connectivity index (χ0v) is 15.8. The van der Waals surface area contributed by atoms with E-state index in [2.05, 4.69) is 9.84 Å². The predicted octanol–water partition coefficient (Wildman–Crippen LogP) is 5.29. The van der Waals surface area contributed by atoms with Crippen molar-refractivity contribution in [3.8, 4) is 11.5 Å². The highest BCUT2D eigenvalue weighted by atomic mass is 19.3. The van der Waals surface area contributed by atoms with Crippen LogP contribution in [0.3, 0.4) is 0 Å². The van der Waals surface area contributed by atoms with Gasteiger partial charge in [-0.1, -0.05) is 48.5 Å². The van der Waals surface area contributed by atoms with Crippen molar-refractivity contribution in [1.29, 1.82) is 0 Å². The van der Waals surface area contributed by atoms with Gasteiger partial charge in [0.05, 0.1) is 12.3 Å². The molecule has 0 N–H and O–H groups in total.